The summed E-state index contributed by atoms with van der Waals surface area (Å²) in [5.74, 6) is 2.22. The number of hydrogen-bond acceptors (Lipinski definition) is 5. The molecule has 0 aromatic heterocycles. The Bertz CT molecular complexity index is 1570. The molecule has 0 unspecified atom stereocenters. The molecule has 4 rings (SSSR count). The van der Waals surface area contributed by atoms with Gasteiger partial charge in [-0.05, 0) is 42.0 Å². The summed E-state index contributed by atoms with van der Waals surface area (Å²) >= 11 is 0. The maximum absolute atomic E-state index is 12.8. The van der Waals surface area contributed by atoms with Crippen LogP contribution in [0.1, 0.15) is 20.7 Å². The number of hydrogen-bond donors (Lipinski definition) is 1. The zero-order valence-corrected chi connectivity index (χ0v) is 21.0. The highest BCUT2D eigenvalue weighted by atomic mass is 16.5. The number of nitrogens with zero attached hydrogens (tertiary/aromatic N) is 2. The summed E-state index contributed by atoms with van der Waals surface area (Å²) in [6.07, 6.45) is 5.31. The van der Waals surface area contributed by atoms with E-state index < -0.39 is 5.97 Å². The number of benzene rings is 3. The van der Waals surface area contributed by atoms with Gasteiger partial charge in [0.2, 0.25) is 5.36 Å². The van der Waals surface area contributed by atoms with Crippen molar-refractivity contribution in [1.82, 2.24) is 9.89 Å². The highest BCUT2D eigenvalue weighted by Crippen LogP contribution is 2.42. The molecule has 0 saturated carbocycles. The molecular formula is C29H28N3O4+. The summed E-state index contributed by atoms with van der Waals surface area (Å²) in [6.45, 7) is 0.101. The van der Waals surface area contributed by atoms with Crippen molar-refractivity contribution in [3.63, 3.8) is 0 Å². The second kappa shape index (κ2) is 9.96. The van der Waals surface area contributed by atoms with Gasteiger partial charge in [-0.25, -0.2) is 9.37 Å². The predicted molar refractivity (Wildman–Crippen MR) is 142 cm³/mol. The lowest BCUT2D eigenvalue weighted by Crippen LogP contribution is -2.23. The van der Waals surface area contributed by atoms with Crippen molar-refractivity contribution in [1.29, 1.82) is 0 Å². The van der Waals surface area contributed by atoms with Crippen molar-refractivity contribution in [2.75, 3.05) is 46.7 Å². The number of terminal acetylenes is 1. The molecule has 2 aromatic carbocycles. The van der Waals surface area contributed by atoms with Gasteiger partial charge in [0, 0.05) is 54.0 Å². The fourth-order valence-corrected chi connectivity index (χ4v) is 4.13. The Balaban J connectivity index is 2.13. The van der Waals surface area contributed by atoms with E-state index in [-0.39, 0.29) is 12.5 Å². The van der Waals surface area contributed by atoms with Crippen molar-refractivity contribution in [2.24, 2.45) is 0 Å². The van der Waals surface area contributed by atoms with Crippen LogP contribution in [0.2, 0.25) is 0 Å². The first kappa shape index (κ1) is 24.6. The van der Waals surface area contributed by atoms with Gasteiger partial charge >= 0.3 is 5.97 Å². The quantitative estimate of drug-likeness (QED) is 0.204. The summed E-state index contributed by atoms with van der Waals surface area (Å²) < 4.78 is 13.5. The summed E-state index contributed by atoms with van der Waals surface area (Å²) in [5, 5.41) is 4.45. The van der Waals surface area contributed by atoms with Crippen LogP contribution in [0.3, 0.4) is 0 Å². The molecule has 1 aliphatic heterocycles. The van der Waals surface area contributed by atoms with Gasteiger partial charge < -0.3 is 19.4 Å². The van der Waals surface area contributed by atoms with E-state index in [2.05, 4.69) is 11.2 Å². The molecule has 1 heterocycles. The van der Waals surface area contributed by atoms with Gasteiger partial charge in [0.05, 0.1) is 25.3 Å². The molecule has 0 spiro atoms. The number of rotatable bonds is 5. The van der Waals surface area contributed by atoms with Crippen LogP contribution in [-0.4, -0.2) is 53.7 Å². The smallest absolute Gasteiger partial charge is 0.338 e. The van der Waals surface area contributed by atoms with E-state index in [9.17, 15) is 9.59 Å². The maximum Gasteiger partial charge on any atom is 0.338 e. The van der Waals surface area contributed by atoms with Crippen molar-refractivity contribution in [2.45, 2.75) is 0 Å². The SMILES string of the molecule is C#CCNC(=O)c1ccc(C(=O)OC)c(-c2c3ccc(=[N+](C)C)cc-3oc3cc(N(C)C)ccc23)c1. The summed E-state index contributed by atoms with van der Waals surface area (Å²) in [4.78, 5) is 27.6. The van der Waals surface area contributed by atoms with Crippen molar-refractivity contribution >= 4 is 28.5 Å². The molecule has 7 heteroatoms. The van der Waals surface area contributed by atoms with E-state index in [4.69, 9.17) is 15.6 Å². The average molecular weight is 483 g/mol. The Morgan fingerprint density at radius 1 is 1.06 bits per heavy atom. The molecule has 0 radical (unpaired) electrons. The third-order valence-electron chi connectivity index (χ3n) is 6.03. The fourth-order valence-electron chi connectivity index (χ4n) is 4.13. The largest absolute Gasteiger partial charge is 0.465 e. The first-order valence-corrected chi connectivity index (χ1v) is 11.4. The fraction of sp³-hybridized carbons (Fsp3) is 0.207. The van der Waals surface area contributed by atoms with E-state index in [1.807, 2.05) is 74.1 Å². The summed E-state index contributed by atoms with van der Waals surface area (Å²) in [6, 6.07) is 16.7. The Morgan fingerprint density at radius 3 is 2.50 bits per heavy atom. The third kappa shape index (κ3) is 4.53. The van der Waals surface area contributed by atoms with Crippen LogP contribution >= 0.6 is 0 Å². The number of ether oxygens (including phenoxy) is 1. The van der Waals surface area contributed by atoms with Gasteiger partial charge in [-0.15, -0.1) is 6.42 Å². The second-order valence-electron chi connectivity index (χ2n) is 8.77. The second-order valence-corrected chi connectivity index (χ2v) is 8.77. The van der Waals surface area contributed by atoms with Crippen LogP contribution in [-0.2, 0) is 4.74 Å². The van der Waals surface area contributed by atoms with Crippen LogP contribution in [0.4, 0.5) is 5.69 Å². The van der Waals surface area contributed by atoms with Crippen LogP contribution in [0.25, 0.3) is 33.4 Å². The van der Waals surface area contributed by atoms with Gasteiger partial charge in [-0.2, -0.15) is 0 Å². The van der Waals surface area contributed by atoms with Crippen molar-refractivity contribution in [3.05, 3.63) is 71.1 Å². The van der Waals surface area contributed by atoms with E-state index >= 15 is 0 Å². The molecule has 2 aromatic rings. The van der Waals surface area contributed by atoms with Gasteiger partial charge in [-0.1, -0.05) is 5.92 Å². The van der Waals surface area contributed by atoms with E-state index in [1.165, 1.54) is 7.11 Å². The zero-order chi connectivity index (χ0) is 26.0. The van der Waals surface area contributed by atoms with Gasteiger partial charge in [0.25, 0.3) is 5.91 Å². The first-order valence-electron chi connectivity index (χ1n) is 11.4. The lowest BCUT2D eigenvalue weighted by atomic mass is 9.89. The van der Waals surface area contributed by atoms with Gasteiger partial charge in [0.1, 0.15) is 25.4 Å². The number of methoxy groups -OCH3 is 1. The average Bonchev–Trinajstić information content (AvgIpc) is 2.88. The van der Waals surface area contributed by atoms with Crippen molar-refractivity contribution in [3.8, 4) is 34.8 Å². The molecular weight excluding hydrogens is 454 g/mol. The van der Waals surface area contributed by atoms with Crippen LogP contribution in [0.5, 0.6) is 0 Å². The zero-order valence-electron chi connectivity index (χ0n) is 21.0. The van der Waals surface area contributed by atoms with E-state index in [0.717, 1.165) is 27.6 Å². The number of carbonyl (C=O) groups excluding carboxylic acids is 2. The van der Waals surface area contributed by atoms with Crippen molar-refractivity contribution < 1.29 is 18.7 Å². The molecule has 0 atom stereocenters. The minimum absolute atomic E-state index is 0.101. The highest BCUT2D eigenvalue weighted by molar-refractivity contribution is 6.09. The van der Waals surface area contributed by atoms with E-state index in [1.54, 1.807) is 18.2 Å². The first-order chi connectivity index (χ1) is 17.2. The molecule has 1 N–H and O–H groups in total. The number of esters is 1. The molecule has 0 saturated heterocycles. The Kier molecular flexibility index (Phi) is 6.80. The summed E-state index contributed by atoms with van der Waals surface area (Å²) in [7, 11) is 9.17. The molecule has 1 amide bonds. The minimum Gasteiger partial charge on any atom is -0.465 e. The minimum atomic E-state index is -0.502. The Hall–Kier alpha value is -4.57. The summed E-state index contributed by atoms with van der Waals surface area (Å²) in [5.41, 5.74) is 4.48. The topological polar surface area (TPSA) is 74.8 Å². The van der Waals surface area contributed by atoms with Crippen LogP contribution < -0.4 is 20.1 Å². The lowest BCUT2D eigenvalue weighted by molar-refractivity contribution is 0.0601. The number of nitrogens with one attached hydrogen (secondary N) is 1. The highest BCUT2D eigenvalue weighted by Gasteiger charge is 2.24. The Morgan fingerprint density at radius 2 is 1.83 bits per heavy atom. The lowest BCUT2D eigenvalue weighted by Gasteiger charge is -2.19. The molecule has 182 valence electrons. The number of carbonyl (C=O) groups is 2. The number of fused-ring (bicyclic) bond motifs is 2. The molecule has 0 bridgehead atoms. The molecule has 7 nitrogen and oxygen atoms in total. The third-order valence-corrected chi connectivity index (χ3v) is 6.03. The molecule has 0 fully saturated rings. The number of anilines is 1. The monoisotopic (exact) mass is 482 g/mol. The van der Waals surface area contributed by atoms with Crippen LogP contribution in [0, 0.1) is 12.3 Å². The van der Waals surface area contributed by atoms with Crippen LogP contribution in [0.15, 0.2) is 59.0 Å². The normalized spacial score (nSPS) is 10.7. The predicted octanol–water partition coefficient (Wildman–Crippen LogP) is 3.45. The number of amides is 1. The molecule has 36 heavy (non-hydrogen) atoms. The molecule has 1 aliphatic carbocycles. The Labute approximate surface area is 210 Å². The standard InChI is InChI=1S/C29H27N3O4/c1-7-14-30-28(33)18-8-11-21(29(34)35-6)24(15-18)27-22-12-9-19(31(2)3)16-25(22)36-26-17-20(32(4)5)10-13-23(26)27/h1,8-13,15-17H,14H2,2-6H3/p+1. The van der Waals surface area contributed by atoms with Gasteiger partial charge in [0.15, 0.2) is 0 Å². The molecule has 2 aliphatic rings. The maximum atomic E-state index is 12.8. The van der Waals surface area contributed by atoms with Gasteiger partial charge in [-0.3, -0.25) is 4.79 Å². The van der Waals surface area contributed by atoms with E-state index in [0.29, 0.717) is 28.0 Å².